The number of anilines is 1. The Hall–Kier alpha value is -2.89. The molecule has 0 spiro atoms. The molecule has 0 saturated heterocycles. The number of nitrogens with two attached hydrogens (primary N) is 1. The van der Waals surface area contributed by atoms with E-state index in [2.05, 4.69) is 15.6 Å². The van der Waals surface area contributed by atoms with Crippen molar-refractivity contribution in [3.63, 3.8) is 0 Å². The third kappa shape index (κ3) is 5.39. The Morgan fingerprint density at radius 1 is 1.04 bits per heavy atom. The standard InChI is InChI=1S/C18H22N4O2/c1-18(2,22-17(24)16(19)23)11-13-3-5-15(6-4-13)21-12-14-7-9-20-10-8-14/h3-10,21H,11-12H2,1-2H3,(H2,19,23)(H,22,24). The maximum Gasteiger partial charge on any atom is 0.309 e. The van der Waals surface area contributed by atoms with Crippen LogP contribution in [0.1, 0.15) is 25.0 Å². The second kappa shape index (κ2) is 7.59. The average molecular weight is 326 g/mol. The number of nitrogens with one attached hydrogen (secondary N) is 2. The highest BCUT2D eigenvalue weighted by molar-refractivity contribution is 6.34. The molecule has 0 aliphatic rings. The van der Waals surface area contributed by atoms with Crippen molar-refractivity contribution >= 4 is 17.5 Å². The highest BCUT2D eigenvalue weighted by atomic mass is 16.2. The third-order valence-electron chi connectivity index (χ3n) is 3.52. The van der Waals surface area contributed by atoms with E-state index in [-0.39, 0.29) is 0 Å². The van der Waals surface area contributed by atoms with E-state index in [0.29, 0.717) is 6.42 Å². The van der Waals surface area contributed by atoms with Crippen LogP contribution >= 0.6 is 0 Å². The molecule has 2 rings (SSSR count). The third-order valence-corrected chi connectivity index (χ3v) is 3.52. The van der Waals surface area contributed by atoms with Crippen LogP contribution in [0.5, 0.6) is 0 Å². The number of amides is 2. The zero-order chi connectivity index (χ0) is 17.6. The lowest BCUT2D eigenvalue weighted by atomic mass is 9.94. The molecule has 0 bridgehead atoms. The fraction of sp³-hybridized carbons (Fsp3) is 0.278. The summed E-state index contributed by atoms with van der Waals surface area (Å²) in [4.78, 5) is 26.3. The van der Waals surface area contributed by atoms with Gasteiger partial charge in [0.05, 0.1) is 0 Å². The summed E-state index contributed by atoms with van der Waals surface area (Å²) < 4.78 is 0. The van der Waals surface area contributed by atoms with Crippen LogP contribution in [0.25, 0.3) is 0 Å². The lowest BCUT2D eigenvalue weighted by molar-refractivity contribution is -0.138. The maximum absolute atomic E-state index is 11.4. The molecule has 0 aliphatic heterocycles. The Kier molecular flexibility index (Phi) is 5.52. The highest BCUT2D eigenvalue weighted by Gasteiger charge is 2.23. The number of rotatable bonds is 6. The van der Waals surface area contributed by atoms with E-state index < -0.39 is 17.4 Å². The van der Waals surface area contributed by atoms with Crippen LogP contribution in [0.15, 0.2) is 48.8 Å². The van der Waals surface area contributed by atoms with Crippen LogP contribution in [0.2, 0.25) is 0 Å². The summed E-state index contributed by atoms with van der Waals surface area (Å²) in [5, 5.41) is 5.97. The van der Waals surface area contributed by atoms with Crippen LogP contribution in [0, 0.1) is 0 Å². The van der Waals surface area contributed by atoms with E-state index in [1.807, 2.05) is 50.2 Å². The van der Waals surface area contributed by atoms with Crippen LogP contribution in [-0.2, 0) is 22.6 Å². The van der Waals surface area contributed by atoms with Gasteiger partial charge in [0.25, 0.3) is 0 Å². The minimum absolute atomic E-state index is 0.557. The van der Waals surface area contributed by atoms with Crippen LogP contribution in [-0.4, -0.2) is 22.3 Å². The molecule has 126 valence electrons. The normalized spacial score (nSPS) is 10.9. The summed E-state index contributed by atoms with van der Waals surface area (Å²) in [6.45, 7) is 4.43. The van der Waals surface area contributed by atoms with Crippen molar-refractivity contribution in [3.8, 4) is 0 Å². The van der Waals surface area contributed by atoms with Crippen molar-refractivity contribution in [1.29, 1.82) is 0 Å². The lowest BCUT2D eigenvalue weighted by Crippen LogP contribution is -2.49. The Balaban J connectivity index is 1.91. The molecule has 0 aliphatic carbocycles. The number of pyridine rings is 1. The molecule has 0 atom stereocenters. The number of carbonyl (C=O) groups is 2. The van der Waals surface area contributed by atoms with E-state index in [4.69, 9.17) is 5.73 Å². The molecule has 0 unspecified atom stereocenters. The van der Waals surface area contributed by atoms with Gasteiger partial charge in [0.1, 0.15) is 0 Å². The lowest BCUT2D eigenvalue weighted by Gasteiger charge is -2.25. The van der Waals surface area contributed by atoms with Gasteiger partial charge in [-0.3, -0.25) is 14.6 Å². The van der Waals surface area contributed by atoms with E-state index in [0.717, 1.165) is 23.4 Å². The molecule has 0 fully saturated rings. The van der Waals surface area contributed by atoms with Crippen LogP contribution < -0.4 is 16.4 Å². The maximum atomic E-state index is 11.4. The number of primary amides is 1. The molecule has 1 heterocycles. The first-order chi connectivity index (χ1) is 11.4. The molecule has 6 heteroatoms. The van der Waals surface area contributed by atoms with E-state index in [9.17, 15) is 9.59 Å². The summed E-state index contributed by atoms with van der Waals surface area (Å²) in [7, 11) is 0. The van der Waals surface area contributed by atoms with Gasteiger partial charge in [0.15, 0.2) is 0 Å². The Morgan fingerprint density at radius 3 is 2.25 bits per heavy atom. The van der Waals surface area contributed by atoms with Crippen LogP contribution in [0.4, 0.5) is 5.69 Å². The van der Waals surface area contributed by atoms with Gasteiger partial charge in [0, 0.05) is 30.2 Å². The van der Waals surface area contributed by atoms with Crippen molar-refractivity contribution < 1.29 is 9.59 Å². The van der Waals surface area contributed by atoms with Crippen molar-refractivity contribution in [1.82, 2.24) is 10.3 Å². The largest absolute Gasteiger partial charge is 0.381 e. The minimum Gasteiger partial charge on any atom is -0.381 e. The number of hydrogen-bond donors (Lipinski definition) is 3. The Bertz CT molecular complexity index is 697. The number of hydrogen-bond acceptors (Lipinski definition) is 4. The summed E-state index contributed by atoms with van der Waals surface area (Å²) in [5.41, 5.74) is 7.64. The van der Waals surface area contributed by atoms with Crippen molar-refractivity contribution in [2.75, 3.05) is 5.32 Å². The van der Waals surface area contributed by atoms with Crippen LogP contribution in [0.3, 0.4) is 0 Å². The number of benzene rings is 1. The molecule has 4 N–H and O–H groups in total. The summed E-state index contributed by atoms with van der Waals surface area (Å²) >= 11 is 0. The predicted octanol–water partition coefficient (Wildman–Crippen LogP) is 1.62. The van der Waals surface area contributed by atoms with Gasteiger partial charge in [-0.05, 0) is 55.7 Å². The molecule has 1 aromatic carbocycles. The molecular weight excluding hydrogens is 304 g/mol. The minimum atomic E-state index is -0.973. The molecule has 0 radical (unpaired) electrons. The first-order valence-electron chi connectivity index (χ1n) is 7.69. The van der Waals surface area contributed by atoms with Crippen molar-refractivity contribution in [2.24, 2.45) is 5.73 Å². The molecule has 2 aromatic rings. The first kappa shape index (κ1) is 17.5. The van der Waals surface area contributed by atoms with Crippen molar-refractivity contribution in [3.05, 3.63) is 59.9 Å². The van der Waals surface area contributed by atoms with E-state index >= 15 is 0 Å². The fourth-order valence-corrected chi connectivity index (χ4v) is 2.37. The summed E-state index contributed by atoms with van der Waals surface area (Å²) in [6, 6.07) is 11.9. The quantitative estimate of drug-likeness (QED) is 0.703. The average Bonchev–Trinajstić information content (AvgIpc) is 2.54. The zero-order valence-electron chi connectivity index (χ0n) is 13.9. The first-order valence-corrected chi connectivity index (χ1v) is 7.69. The molecule has 2 amide bonds. The molecule has 0 saturated carbocycles. The van der Waals surface area contributed by atoms with Gasteiger partial charge in [-0.2, -0.15) is 0 Å². The van der Waals surface area contributed by atoms with Gasteiger partial charge in [-0.25, -0.2) is 0 Å². The fourth-order valence-electron chi connectivity index (χ4n) is 2.37. The second-order valence-electron chi connectivity index (χ2n) is 6.28. The predicted molar refractivity (Wildman–Crippen MR) is 93.1 cm³/mol. The summed E-state index contributed by atoms with van der Waals surface area (Å²) in [5.74, 6) is -1.74. The Labute approximate surface area is 141 Å². The monoisotopic (exact) mass is 326 g/mol. The molecule has 6 nitrogen and oxygen atoms in total. The Morgan fingerprint density at radius 2 is 1.67 bits per heavy atom. The zero-order valence-corrected chi connectivity index (χ0v) is 13.9. The topological polar surface area (TPSA) is 97.1 Å². The smallest absolute Gasteiger partial charge is 0.309 e. The second-order valence-corrected chi connectivity index (χ2v) is 6.28. The SMILES string of the molecule is CC(C)(Cc1ccc(NCc2ccncc2)cc1)NC(=O)C(N)=O. The van der Waals surface area contributed by atoms with Gasteiger partial charge in [0.2, 0.25) is 0 Å². The molecule has 1 aromatic heterocycles. The highest BCUT2D eigenvalue weighted by Crippen LogP contribution is 2.16. The molecule has 24 heavy (non-hydrogen) atoms. The summed E-state index contributed by atoms with van der Waals surface area (Å²) in [6.07, 6.45) is 4.13. The molecular formula is C18H22N4O2. The van der Waals surface area contributed by atoms with Gasteiger partial charge in [-0.15, -0.1) is 0 Å². The number of carbonyl (C=O) groups excluding carboxylic acids is 2. The number of nitrogens with zero attached hydrogens (tertiary/aromatic N) is 1. The van der Waals surface area contributed by atoms with Gasteiger partial charge < -0.3 is 16.4 Å². The van der Waals surface area contributed by atoms with E-state index in [1.165, 1.54) is 0 Å². The van der Waals surface area contributed by atoms with Gasteiger partial charge >= 0.3 is 11.8 Å². The van der Waals surface area contributed by atoms with E-state index in [1.54, 1.807) is 12.4 Å². The number of aromatic nitrogens is 1. The van der Waals surface area contributed by atoms with Gasteiger partial charge in [-0.1, -0.05) is 12.1 Å². The van der Waals surface area contributed by atoms with Crippen molar-refractivity contribution in [2.45, 2.75) is 32.4 Å².